The molecular formula is C17H13B3F13N2O3-3. The van der Waals surface area contributed by atoms with Crippen molar-refractivity contribution in [3.8, 4) is 5.69 Å². The van der Waals surface area contributed by atoms with Crippen LogP contribution in [0.4, 0.5) is 56.2 Å². The number of para-hydroxylation sites is 1. The van der Waals surface area contributed by atoms with Crippen molar-refractivity contribution in [2.45, 2.75) is 13.5 Å². The normalized spacial score (nSPS) is 11.2. The van der Waals surface area contributed by atoms with E-state index < -0.39 is 39.1 Å². The molecule has 212 valence electrons. The van der Waals surface area contributed by atoms with E-state index in [1.165, 1.54) is 25.3 Å². The summed E-state index contributed by atoms with van der Waals surface area (Å²) in [6.45, 7) is 1.31. The van der Waals surface area contributed by atoms with Crippen molar-refractivity contribution in [3.05, 3.63) is 70.4 Å². The molecule has 0 amide bonds. The molecule has 21 heteroatoms. The zero-order valence-corrected chi connectivity index (χ0v) is 18.6. The molecule has 0 unspecified atom stereocenters. The van der Waals surface area contributed by atoms with Gasteiger partial charge in [-0.15, -0.1) is 0 Å². The standard InChI is InChI=1S/C17H13FN2O3.3BF4/c1-11(21)23-10-13-5-2-3-8-15(13)20-17(22)16-12(9-19-20)6-4-7-14(16)18;3*2-1(3,4)5/h2-9H,10H2,1H3;;;/q;3*-1. The van der Waals surface area contributed by atoms with Crippen LogP contribution < -0.4 is 5.56 Å². The van der Waals surface area contributed by atoms with Crippen LogP contribution in [0.25, 0.3) is 16.5 Å². The molecule has 1 aromatic heterocycles. The molecule has 0 fully saturated rings. The Morgan fingerprint density at radius 1 is 0.816 bits per heavy atom. The third-order valence-corrected chi connectivity index (χ3v) is 3.42. The lowest BCUT2D eigenvalue weighted by Gasteiger charge is -2.11. The van der Waals surface area contributed by atoms with E-state index in [9.17, 15) is 65.8 Å². The number of hydrogen-bond acceptors (Lipinski definition) is 4. The van der Waals surface area contributed by atoms with Gasteiger partial charge in [-0.2, -0.15) is 9.78 Å². The van der Waals surface area contributed by atoms with Crippen molar-refractivity contribution >= 4 is 38.5 Å². The number of hydrogen-bond donors (Lipinski definition) is 0. The maximum atomic E-state index is 14.0. The Kier molecular flexibility index (Phi) is 12.9. The Bertz CT molecular complexity index is 1200. The minimum atomic E-state index is -6.00. The fourth-order valence-corrected chi connectivity index (χ4v) is 2.34. The van der Waals surface area contributed by atoms with Crippen LogP contribution in [-0.4, -0.2) is 37.5 Å². The number of benzene rings is 2. The zero-order chi connectivity index (χ0) is 29.9. The van der Waals surface area contributed by atoms with E-state index in [0.717, 1.165) is 4.68 Å². The Balaban J connectivity index is 0.000000751. The summed E-state index contributed by atoms with van der Waals surface area (Å²) >= 11 is 0. The van der Waals surface area contributed by atoms with Crippen LogP contribution in [-0.2, 0) is 16.1 Å². The average molecular weight is 573 g/mol. The highest BCUT2D eigenvalue weighted by molar-refractivity contribution is 6.50. The van der Waals surface area contributed by atoms with Crippen LogP contribution in [0.3, 0.4) is 0 Å². The second kappa shape index (κ2) is 14.3. The number of aromatic nitrogens is 2. The minimum Gasteiger partial charge on any atom is -0.461 e. The molecule has 0 radical (unpaired) electrons. The maximum Gasteiger partial charge on any atom is 0.673 e. The summed E-state index contributed by atoms with van der Waals surface area (Å²) in [5, 5.41) is 4.51. The molecule has 0 aliphatic heterocycles. The van der Waals surface area contributed by atoms with E-state index in [1.807, 2.05) is 0 Å². The number of fused-ring (bicyclic) bond motifs is 1. The minimum absolute atomic E-state index is 0.00886. The largest absolute Gasteiger partial charge is 0.673 e. The van der Waals surface area contributed by atoms with Crippen LogP contribution in [0.15, 0.2) is 53.5 Å². The number of esters is 1. The maximum absolute atomic E-state index is 14.0. The first-order chi connectivity index (χ1) is 17.1. The molecule has 0 bridgehead atoms. The van der Waals surface area contributed by atoms with Gasteiger partial charge in [-0.05, 0) is 12.1 Å². The predicted molar refractivity (Wildman–Crippen MR) is 113 cm³/mol. The zero-order valence-electron chi connectivity index (χ0n) is 18.6. The molecule has 0 saturated carbocycles. The molecule has 3 rings (SSSR count). The first-order valence-corrected chi connectivity index (χ1v) is 9.58. The number of ether oxygens (including phenoxy) is 1. The summed E-state index contributed by atoms with van der Waals surface area (Å²) in [5.74, 6) is -1.02. The van der Waals surface area contributed by atoms with Crippen LogP contribution in [0.2, 0.25) is 0 Å². The van der Waals surface area contributed by atoms with E-state index in [1.54, 1.807) is 30.3 Å². The second-order valence-corrected chi connectivity index (χ2v) is 6.46. The number of carbonyl (C=O) groups excluding carboxylic acids is 1. The monoisotopic (exact) mass is 573 g/mol. The fraction of sp³-hybridized carbons (Fsp3) is 0.118. The molecule has 38 heavy (non-hydrogen) atoms. The highest BCUT2D eigenvalue weighted by Crippen LogP contribution is 2.17. The summed E-state index contributed by atoms with van der Waals surface area (Å²) < 4.78 is 137. The highest BCUT2D eigenvalue weighted by Gasteiger charge is 2.21. The van der Waals surface area contributed by atoms with Gasteiger partial charge in [0.2, 0.25) is 0 Å². The lowest BCUT2D eigenvalue weighted by molar-refractivity contribution is -0.142. The molecule has 3 aromatic rings. The molecule has 5 nitrogen and oxygen atoms in total. The third kappa shape index (κ3) is 16.9. The second-order valence-electron chi connectivity index (χ2n) is 6.46. The van der Waals surface area contributed by atoms with Gasteiger partial charge < -0.3 is 56.5 Å². The topological polar surface area (TPSA) is 61.2 Å². The Morgan fingerprint density at radius 2 is 1.29 bits per heavy atom. The molecule has 0 spiro atoms. The summed E-state index contributed by atoms with van der Waals surface area (Å²) in [4.78, 5) is 23.6. The first kappa shape index (κ1) is 34.3. The van der Waals surface area contributed by atoms with E-state index in [-0.39, 0.29) is 12.0 Å². The van der Waals surface area contributed by atoms with E-state index >= 15 is 0 Å². The summed E-state index contributed by atoms with van der Waals surface area (Å²) in [7, 11) is -18.0. The SMILES string of the molecule is CC(=O)OCc1ccccc1-n1ncc2cccc(F)c2c1=O.F[B-](F)(F)F.F[B-](F)(F)F.F[B-](F)(F)F. The molecule has 1 heterocycles. The summed E-state index contributed by atoms with van der Waals surface area (Å²) in [6.07, 6.45) is 1.43. The number of nitrogens with zero attached hydrogens (tertiary/aromatic N) is 2. The molecule has 0 aliphatic rings. The third-order valence-electron chi connectivity index (χ3n) is 3.42. The summed E-state index contributed by atoms with van der Waals surface area (Å²) in [6, 6.07) is 11.3. The van der Waals surface area contributed by atoms with Crippen molar-refractivity contribution in [1.82, 2.24) is 9.78 Å². The fourth-order valence-electron chi connectivity index (χ4n) is 2.34. The van der Waals surface area contributed by atoms with Crippen molar-refractivity contribution < 1.29 is 65.7 Å². The first-order valence-electron chi connectivity index (χ1n) is 9.58. The Labute approximate surface area is 204 Å². The van der Waals surface area contributed by atoms with Gasteiger partial charge in [0, 0.05) is 17.9 Å². The van der Waals surface area contributed by atoms with Crippen molar-refractivity contribution in [1.29, 1.82) is 0 Å². The number of carbonyl (C=O) groups is 1. The quantitative estimate of drug-likeness (QED) is 0.205. The number of rotatable bonds is 3. The van der Waals surface area contributed by atoms with Crippen molar-refractivity contribution in [3.63, 3.8) is 0 Å². The van der Waals surface area contributed by atoms with Crippen LogP contribution in [0, 0.1) is 5.82 Å². The van der Waals surface area contributed by atoms with Gasteiger partial charge >= 0.3 is 27.7 Å². The van der Waals surface area contributed by atoms with E-state index in [2.05, 4.69) is 5.10 Å². The van der Waals surface area contributed by atoms with Gasteiger partial charge in [-0.3, -0.25) is 9.59 Å². The van der Waals surface area contributed by atoms with Crippen molar-refractivity contribution in [2.24, 2.45) is 0 Å². The lowest BCUT2D eigenvalue weighted by atomic mass is 10.1. The van der Waals surface area contributed by atoms with Crippen LogP contribution in [0.1, 0.15) is 12.5 Å². The summed E-state index contributed by atoms with van der Waals surface area (Å²) in [5.41, 5.74) is 0.493. The van der Waals surface area contributed by atoms with Gasteiger partial charge in [0.15, 0.2) is 0 Å². The van der Waals surface area contributed by atoms with Gasteiger partial charge in [-0.1, -0.05) is 30.3 Å². The van der Waals surface area contributed by atoms with Gasteiger partial charge in [0.25, 0.3) is 5.56 Å². The van der Waals surface area contributed by atoms with Gasteiger partial charge in [-0.25, -0.2) is 4.39 Å². The molecule has 2 aromatic carbocycles. The Hall–Kier alpha value is -3.67. The smallest absolute Gasteiger partial charge is 0.461 e. The van der Waals surface area contributed by atoms with Gasteiger partial charge in [0.1, 0.15) is 12.4 Å². The Morgan fingerprint density at radius 3 is 1.76 bits per heavy atom. The molecule has 0 N–H and O–H groups in total. The van der Waals surface area contributed by atoms with Crippen LogP contribution >= 0.6 is 0 Å². The van der Waals surface area contributed by atoms with Crippen LogP contribution in [0.5, 0.6) is 0 Å². The number of halogens is 13. The van der Waals surface area contributed by atoms with E-state index in [0.29, 0.717) is 16.6 Å². The highest BCUT2D eigenvalue weighted by atomic mass is 19.5. The molecule has 0 aliphatic carbocycles. The van der Waals surface area contributed by atoms with Gasteiger partial charge in [0.05, 0.1) is 17.3 Å². The van der Waals surface area contributed by atoms with Crippen molar-refractivity contribution in [2.75, 3.05) is 0 Å². The predicted octanol–water partition coefficient (Wildman–Crippen LogP) is 6.49. The molecule has 0 saturated heterocycles. The van der Waals surface area contributed by atoms with E-state index in [4.69, 9.17) is 4.74 Å². The molecule has 0 atom stereocenters. The average Bonchev–Trinajstić information content (AvgIpc) is 2.69. The lowest BCUT2D eigenvalue weighted by Crippen LogP contribution is -2.23. The molecular weight excluding hydrogens is 560 g/mol.